The molecule has 0 radical (unpaired) electrons. The lowest BCUT2D eigenvalue weighted by atomic mass is 9.93. The molecule has 1 aromatic carbocycles. The number of urea groups is 1. The number of carbonyl (C=O) groups is 1. The van der Waals surface area contributed by atoms with Gasteiger partial charge in [-0.25, -0.2) is 9.18 Å². The topological polar surface area (TPSA) is 59.4 Å². The summed E-state index contributed by atoms with van der Waals surface area (Å²) in [5, 5.41) is 7.20. The van der Waals surface area contributed by atoms with E-state index in [0.717, 1.165) is 18.4 Å². The second-order valence-corrected chi connectivity index (χ2v) is 6.25. The van der Waals surface area contributed by atoms with Crippen LogP contribution in [-0.4, -0.2) is 33.9 Å². The van der Waals surface area contributed by atoms with E-state index >= 15 is 0 Å². The van der Waals surface area contributed by atoms with Crippen LogP contribution in [0.25, 0.3) is 0 Å². The van der Waals surface area contributed by atoms with Crippen molar-refractivity contribution in [3.05, 3.63) is 42.0 Å². The fourth-order valence-corrected chi connectivity index (χ4v) is 2.97. The minimum absolute atomic E-state index is 0.205. The zero-order valence-corrected chi connectivity index (χ0v) is 13.2. The van der Waals surface area contributed by atoms with Crippen LogP contribution in [0.15, 0.2) is 30.6 Å². The van der Waals surface area contributed by atoms with Gasteiger partial charge in [0.2, 0.25) is 0 Å². The summed E-state index contributed by atoms with van der Waals surface area (Å²) in [5.74, 6) is 0.165. The van der Waals surface area contributed by atoms with Gasteiger partial charge in [-0.3, -0.25) is 4.68 Å². The third kappa shape index (κ3) is 2.93. The van der Waals surface area contributed by atoms with Crippen LogP contribution in [0.3, 0.4) is 0 Å². The van der Waals surface area contributed by atoms with Crippen molar-refractivity contribution in [1.29, 1.82) is 0 Å². The number of benzene rings is 1. The molecule has 2 aromatic rings. The summed E-state index contributed by atoms with van der Waals surface area (Å²) in [5.41, 5.74) is 1.49. The summed E-state index contributed by atoms with van der Waals surface area (Å²) >= 11 is 0. The third-order valence-electron chi connectivity index (χ3n) is 4.60. The van der Waals surface area contributed by atoms with Gasteiger partial charge in [0.25, 0.3) is 0 Å². The van der Waals surface area contributed by atoms with Crippen molar-refractivity contribution in [2.75, 3.05) is 18.5 Å². The Balaban J connectivity index is 1.44. The van der Waals surface area contributed by atoms with E-state index in [1.54, 1.807) is 17.2 Å². The maximum absolute atomic E-state index is 13.3. The van der Waals surface area contributed by atoms with Crippen LogP contribution in [0.2, 0.25) is 0 Å². The molecule has 0 atom stereocenters. The van der Waals surface area contributed by atoms with E-state index in [9.17, 15) is 9.18 Å². The number of anilines is 1. The number of amides is 2. The van der Waals surface area contributed by atoms with Crippen molar-refractivity contribution in [3.8, 4) is 5.75 Å². The van der Waals surface area contributed by atoms with Gasteiger partial charge < -0.3 is 15.0 Å². The lowest BCUT2D eigenvalue weighted by Gasteiger charge is -2.25. The van der Waals surface area contributed by atoms with Crippen LogP contribution in [0, 0.1) is 5.82 Å². The first kappa shape index (κ1) is 15.0. The van der Waals surface area contributed by atoms with Crippen LogP contribution in [0.1, 0.15) is 30.9 Å². The SMILES string of the molecule is O=C(Nc1cnn(C2CCC2)c1)N1CCOc2cc(F)ccc2C1. The molecule has 2 heterocycles. The monoisotopic (exact) mass is 330 g/mol. The highest BCUT2D eigenvalue weighted by molar-refractivity contribution is 5.89. The van der Waals surface area contributed by atoms with E-state index in [0.29, 0.717) is 37.2 Å². The van der Waals surface area contributed by atoms with E-state index < -0.39 is 0 Å². The molecule has 1 aromatic heterocycles. The number of carbonyl (C=O) groups excluding carboxylic acids is 1. The molecule has 4 rings (SSSR count). The van der Waals surface area contributed by atoms with E-state index in [-0.39, 0.29) is 11.8 Å². The molecule has 126 valence electrons. The van der Waals surface area contributed by atoms with Crippen molar-refractivity contribution in [2.45, 2.75) is 31.8 Å². The molecule has 1 aliphatic heterocycles. The Labute approximate surface area is 139 Å². The smallest absolute Gasteiger partial charge is 0.322 e. The van der Waals surface area contributed by atoms with Gasteiger partial charge >= 0.3 is 6.03 Å². The summed E-state index contributed by atoms with van der Waals surface area (Å²) in [6.07, 6.45) is 7.07. The Morgan fingerprint density at radius 1 is 1.38 bits per heavy atom. The Morgan fingerprint density at radius 3 is 3.04 bits per heavy atom. The molecule has 1 fully saturated rings. The summed E-state index contributed by atoms with van der Waals surface area (Å²) in [7, 11) is 0. The van der Waals surface area contributed by atoms with E-state index in [1.807, 2.05) is 10.9 Å². The zero-order valence-electron chi connectivity index (χ0n) is 13.2. The highest BCUT2D eigenvalue weighted by Gasteiger charge is 2.22. The molecule has 2 aliphatic rings. The van der Waals surface area contributed by atoms with Gasteiger partial charge in [0.05, 0.1) is 31.0 Å². The number of aromatic nitrogens is 2. The normalized spacial score (nSPS) is 17.5. The van der Waals surface area contributed by atoms with E-state index in [1.165, 1.54) is 18.6 Å². The molecule has 1 N–H and O–H groups in total. The second-order valence-electron chi connectivity index (χ2n) is 6.25. The first-order chi connectivity index (χ1) is 11.7. The Bertz CT molecular complexity index is 757. The number of halogens is 1. The Morgan fingerprint density at radius 2 is 2.25 bits per heavy atom. The molecular weight excluding hydrogens is 311 g/mol. The number of rotatable bonds is 2. The highest BCUT2D eigenvalue weighted by Crippen LogP contribution is 2.31. The standard InChI is InChI=1S/C17H19FN4O2/c18-13-5-4-12-10-21(6-7-24-16(12)8-13)17(23)20-14-9-19-22(11-14)15-2-1-3-15/h4-5,8-9,11,15H,1-3,6-7,10H2,(H,20,23). The lowest BCUT2D eigenvalue weighted by Crippen LogP contribution is -2.35. The predicted octanol–water partition coefficient (Wildman–Crippen LogP) is 3.17. The van der Waals surface area contributed by atoms with Crippen molar-refractivity contribution < 1.29 is 13.9 Å². The van der Waals surface area contributed by atoms with Gasteiger partial charge in [-0.15, -0.1) is 0 Å². The number of ether oxygens (including phenoxy) is 1. The molecule has 0 unspecified atom stereocenters. The minimum Gasteiger partial charge on any atom is -0.491 e. The number of fused-ring (bicyclic) bond motifs is 1. The quantitative estimate of drug-likeness (QED) is 0.920. The summed E-state index contributed by atoms with van der Waals surface area (Å²) in [6.45, 7) is 1.17. The van der Waals surface area contributed by atoms with Gasteiger partial charge in [0.1, 0.15) is 18.2 Å². The first-order valence-electron chi connectivity index (χ1n) is 8.20. The Hall–Kier alpha value is -2.57. The van der Waals surface area contributed by atoms with E-state index in [2.05, 4.69) is 10.4 Å². The van der Waals surface area contributed by atoms with Crippen LogP contribution >= 0.6 is 0 Å². The van der Waals surface area contributed by atoms with Gasteiger partial charge in [-0.2, -0.15) is 5.10 Å². The van der Waals surface area contributed by atoms with Crippen LogP contribution in [0.4, 0.5) is 14.9 Å². The second kappa shape index (κ2) is 6.14. The highest BCUT2D eigenvalue weighted by atomic mass is 19.1. The predicted molar refractivity (Wildman–Crippen MR) is 86.4 cm³/mol. The largest absolute Gasteiger partial charge is 0.491 e. The van der Waals surface area contributed by atoms with Crippen LogP contribution in [-0.2, 0) is 6.54 Å². The average Bonchev–Trinajstić information content (AvgIpc) is 2.83. The van der Waals surface area contributed by atoms with Crippen LogP contribution < -0.4 is 10.1 Å². The fraction of sp³-hybridized carbons (Fsp3) is 0.412. The summed E-state index contributed by atoms with van der Waals surface area (Å²) in [6, 6.07) is 4.66. The fourth-order valence-electron chi connectivity index (χ4n) is 2.97. The zero-order chi connectivity index (χ0) is 16.5. The van der Waals surface area contributed by atoms with Crippen LogP contribution in [0.5, 0.6) is 5.75 Å². The molecule has 0 bridgehead atoms. The molecular formula is C17H19FN4O2. The molecule has 24 heavy (non-hydrogen) atoms. The first-order valence-corrected chi connectivity index (χ1v) is 8.20. The van der Waals surface area contributed by atoms with Gasteiger partial charge in [0, 0.05) is 17.8 Å². The van der Waals surface area contributed by atoms with Crippen molar-refractivity contribution in [2.24, 2.45) is 0 Å². The summed E-state index contributed by atoms with van der Waals surface area (Å²) < 4.78 is 20.7. The molecule has 6 nitrogen and oxygen atoms in total. The maximum Gasteiger partial charge on any atom is 0.322 e. The third-order valence-corrected chi connectivity index (χ3v) is 4.60. The molecule has 1 saturated carbocycles. The number of nitrogens with one attached hydrogen (secondary N) is 1. The molecule has 7 heteroatoms. The van der Waals surface area contributed by atoms with E-state index in [4.69, 9.17) is 4.74 Å². The molecule has 0 spiro atoms. The average molecular weight is 330 g/mol. The maximum atomic E-state index is 13.3. The van der Waals surface area contributed by atoms with Crippen molar-refractivity contribution in [3.63, 3.8) is 0 Å². The van der Waals surface area contributed by atoms with Gasteiger partial charge in [-0.1, -0.05) is 6.07 Å². The number of hydrogen-bond acceptors (Lipinski definition) is 3. The number of nitrogens with zero attached hydrogens (tertiary/aromatic N) is 3. The van der Waals surface area contributed by atoms with Crippen molar-refractivity contribution in [1.82, 2.24) is 14.7 Å². The molecule has 1 aliphatic carbocycles. The van der Waals surface area contributed by atoms with Gasteiger partial charge in [-0.05, 0) is 25.3 Å². The lowest BCUT2D eigenvalue weighted by molar-refractivity contribution is 0.200. The van der Waals surface area contributed by atoms with Gasteiger partial charge in [0.15, 0.2) is 0 Å². The minimum atomic E-state index is -0.338. The molecule has 0 saturated heterocycles. The summed E-state index contributed by atoms with van der Waals surface area (Å²) in [4.78, 5) is 14.2. The molecule has 2 amide bonds. The Kier molecular flexibility index (Phi) is 3.84. The number of hydrogen-bond donors (Lipinski definition) is 1. The van der Waals surface area contributed by atoms with Crippen molar-refractivity contribution >= 4 is 11.7 Å².